The first-order valence-corrected chi connectivity index (χ1v) is 5.20. The summed E-state index contributed by atoms with van der Waals surface area (Å²) in [4.78, 5) is 14.7. The van der Waals surface area contributed by atoms with Gasteiger partial charge in [-0.05, 0) is 13.0 Å². The van der Waals surface area contributed by atoms with Crippen molar-refractivity contribution in [1.82, 2.24) is 10.3 Å². The molecule has 2 N–H and O–H groups in total. The van der Waals surface area contributed by atoms with Crippen molar-refractivity contribution >= 4 is 5.97 Å². The lowest BCUT2D eigenvalue weighted by Gasteiger charge is -2.13. The quantitative estimate of drug-likeness (QED) is 0.783. The van der Waals surface area contributed by atoms with Gasteiger partial charge in [-0.15, -0.1) is 0 Å². The Hall–Kier alpha value is -1.62. The van der Waals surface area contributed by atoms with Crippen LogP contribution in [0.5, 0.6) is 5.75 Å². The molecule has 1 aliphatic heterocycles. The van der Waals surface area contributed by atoms with Gasteiger partial charge in [0.2, 0.25) is 0 Å². The maximum Gasteiger partial charge on any atom is 0.320 e. The summed E-state index contributed by atoms with van der Waals surface area (Å²) in [7, 11) is 0. The molecular formula is C11H14N2O3. The van der Waals surface area contributed by atoms with E-state index < -0.39 is 12.0 Å². The minimum atomic E-state index is -0.822. The highest BCUT2D eigenvalue weighted by Crippen LogP contribution is 2.20. The van der Waals surface area contributed by atoms with Crippen LogP contribution in [0.2, 0.25) is 0 Å². The van der Waals surface area contributed by atoms with Gasteiger partial charge >= 0.3 is 5.97 Å². The molecule has 5 heteroatoms. The third-order valence-electron chi connectivity index (χ3n) is 2.65. The molecule has 2 rings (SSSR count). The molecule has 2 heterocycles. The molecule has 0 bridgehead atoms. The van der Waals surface area contributed by atoms with Crippen LogP contribution in [0.15, 0.2) is 18.5 Å². The third-order valence-corrected chi connectivity index (χ3v) is 2.65. The molecule has 0 saturated carbocycles. The number of carboxylic acid groups (broad SMARTS) is 1. The molecule has 1 aliphatic rings. The Bertz CT molecular complexity index is 395. The maximum atomic E-state index is 10.7. The Balaban J connectivity index is 1.97. The molecular weight excluding hydrogens is 208 g/mol. The van der Waals surface area contributed by atoms with E-state index in [1.54, 1.807) is 18.5 Å². The van der Waals surface area contributed by atoms with Gasteiger partial charge < -0.3 is 15.2 Å². The number of hydrogen-bond acceptors (Lipinski definition) is 4. The Kier molecular flexibility index (Phi) is 3.05. The molecule has 0 aliphatic carbocycles. The monoisotopic (exact) mass is 222 g/mol. The van der Waals surface area contributed by atoms with Crippen LogP contribution >= 0.6 is 0 Å². The van der Waals surface area contributed by atoms with Crippen molar-refractivity contribution in [2.45, 2.75) is 25.5 Å². The molecule has 5 nitrogen and oxygen atoms in total. The smallest absolute Gasteiger partial charge is 0.320 e. The van der Waals surface area contributed by atoms with E-state index in [1.165, 1.54) is 0 Å². The van der Waals surface area contributed by atoms with E-state index in [9.17, 15) is 4.79 Å². The van der Waals surface area contributed by atoms with E-state index in [-0.39, 0.29) is 6.10 Å². The van der Waals surface area contributed by atoms with Crippen molar-refractivity contribution in [2.24, 2.45) is 0 Å². The van der Waals surface area contributed by atoms with Gasteiger partial charge in [0.25, 0.3) is 0 Å². The number of aryl methyl sites for hydroxylation is 1. The largest absolute Gasteiger partial charge is 0.489 e. The summed E-state index contributed by atoms with van der Waals surface area (Å²) in [5.74, 6) is -0.0506. The number of aliphatic carboxylic acids is 1. The van der Waals surface area contributed by atoms with Crippen LogP contribution in [0.25, 0.3) is 0 Å². The minimum absolute atomic E-state index is 0.0813. The van der Waals surface area contributed by atoms with Gasteiger partial charge in [0.15, 0.2) is 0 Å². The summed E-state index contributed by atoms with van der Waals surface area (Å²) >= 11 is 0. The summed E-state index contributed by atoms with van der Waals surface area (Å²) in [5.41, 5.74) is 0.960. The van der Waals surface area contributed by atoms with Gasteiger partial charge in [-0.2, -0.15) is 0 Å². The van der Waals surface area contributed by atoms with Crippen molar-refractivity contribution < 1.29 is 14.6 Å². The molecule has 0 spiro atoms. The molecule has 2 unspecified atom stereocenters. The second kappa shape index (κ2) is 4.49. The first kappa shape index (κ1) is 10.9. The van der Waals surface area contributed by atoms with Gasteiger partial charge in [-0.1, -0.05) is 0 Å². The number of carboxylic acids is 1. The summed E-state index contributed by atoms with van der Waals surface area (Å²) in [6, 6.07) is 1.30. The van der Waals surface area contributed by atoms with Crippen LogP contribution < -0.4 is 10.1 Å². The van der Waals surface area contributed by atoms with Crippen LogP contribution in [0.4, 0.5) is 0 Å². The molecule has 1 aromatic rings. The predicted molar refractivity (Wildman–Crippen MR) is 57.4 cm³/mol. The molecule has 86 valence electrons. The number of rotatable bonds is 3. The lowest BCUT2D eigenvalue weighted by molar-refractivity contribution is -0.139. The average molecular weight is 222 g/mol. The molecule has 0 aromatic carbocycles. The summed E-state index contributed by atoms with van der Waals surface area (Å²) in [6.45, 7) is 2.48. The highest BCUT2D eigenvalue weighted by molar-refractivity contribution is 5.73. The van der Waals surface area contributed by atoms with Gasteiger partial charge in [0.1, 0.15) is 17.9 Å². The second-order valence-electron chi connectivity index (χ2n) is 3.92. The zero-order chi connectivity index (χ0) is 11.5. The van der Waals surface area contributed by atoms with Crippen molar-refractivity contribution in [3.8, 4) is 5.75 Å². The number of nitrogens with zero attached hydrogens (tertiary/aromatic N) is 1. The average Bonchev–Trinajstić information content (AvgIpc) is 2.70. The highest BCUT2D eigenvalue weighted by atomic mass is 16.5. The van der Waals surface area contributed by atoms with E-state index in [4.69, 9.17) is 9.84 Å². The standard InChI is InChI=1S/C11H14N2O3/c1-7-5-12-3-2-10(7)16-8-4-9(11(14)15)13-6-8/h2-3,5,8-9,13H,4,6H2,1H3,(H,14,15). The molecule has 0 amide bonds. The van der Waals surface area contributed by atoms with Crippen LogP contribution in [0.1, 0.15) is 12.0 Å². The topological polar surface area (TPSA) is 71.5 Å². The van der Waals surface area contributed by atoms with E-state index >= 15 is 0 Å². The molecule has 0 radical (unpaired) electrons. The van der Waals surface area contributed by atoms with Crippen LogP contribution in [-0.2, 0) is 4.79 Å². The molecule has 1 saturated heterocycles. The van der Waals surface area contributed by atoms with E-state index in [2.05, 4.69) is 10.3 Å². The Morgan fingerprint density at radius 2 is 2.50 bits per heavy atom. The van der Waals surface area contributed by atoms with Crippen molar-refractivity contribution in [2.75, 3.05) is 6.54 Å². The number of carbonyl (C=O) groups is 1. The SMILES string of the molecule is Cc1cnccc1OC1CNC(C(=O)O)C1. The van der Waals surface area contributed by atoms with E-state index in [0.717, 1.165) is 11.3 Å². The van der Waals surface area contributed by atoms with Crippen LogP contribution in [0.3, 0.4) is 0 Å². The van der Waals surface area contributed by atoms with Gasteiger partial charge in [-0.3, -0.25) is 9.78 Å². The van der Waals surface area contributed by atoms with Crippen molar-refractivity contribution in [1.29, 1.82) is 0 Å². The second-order valence-corrected chi connectivity index (χ2v) is 3.92. The van der Waals surface area contributed by atoms with E-state index in [0.29, 0.717) is 13.0 Å². The fraction of sp³-hybridized carbons (Fsp3) is 0.455. The predicted octanol–water partition coefficient (Wildman–Crippen LogP) is 0.584. The lowest BCUT2D eigenvalue weighted by Crippen LogP contribution is -2.30. The van der Waals surface area contributed by atoms with Gasteiger partial charge in [0, 0.05) is 30.9 Å². The minimum Gasteiger partial charge on any atom is -0.489 e. The maximum absolute atomic E-state index is 10.7. The van der Waals surface area contributed by atoms with Crippen molar-refractivity contribution in [3.63, 3.8) is 0 Å². The Morgan fingerprint density at radius 3 is 3.12 bits per heavy atom. The fourth-order valence-electron chi connectivity index (χ4n) is 1.75. The van der Waals surface area contributed by atoms with Crippen LogP contribution in [-0.4, -0.2) is 34.8 Å². The number of aromatic nitrogens is 1. The summed E-state index contributed by atoms with van der Waals surface area (Å²) in [5, 5.41) is 11.7. The molecule has 1 fully saturated rings. The fourth-order valence-corrected chi connectivity index (χ4v) is 1.75. The van der Waals surface area contributed by atoms with Crippen molar-refractivity contribution in [3.05, 3.63) is 24.0 Å². The van der Waals surface area contributed by atoms with Gasteiger partial charge in [0.05, 0.1) is 0 Å². The first-order valence-electron chi connectivity index (χ1n) is 5.20. The Labute approximate surface area is 93.5 Å². The number of pyridine rings is 1. The Morgan fingerprint density at radius 1 is 1.69 bits per heavy atom. The van der Waals surface area contributed by atoms with E-state index in [1.807, 2.05) is 6.92 Å². The molecule has 16 heavy (non-hydrogen) atoms. The first-order chi connectivity index (χ1) is 7.66. The zero-order valence-electron chi connectivity index (χ0n) is 9.01. The number of hydrogen-bond donors (Lipinski definition) is 2. The molecule has 1 aromatic heterocycles. The van der Waals surface area contributed by atoms with Gasteiger partial charge in [-0.25, -0.2) is 0 Å². The van der Waals surface area contributed by atoms with Crippen LogP contribution in [0, 0.1) is 6.92 Å². The summed E-state index contributed by atoms with van der Waals surface area (Å²) in [6.07, 6.45) is 3.81. The highest BCUT2D eigenvalue weighted by Gasteiger charge is 2.30. The lowest BCUT2D eigenvalue weighted by atomic mass is 10.2. The summed E-state index contributed by atoms with van der Waals surface area (Å²) < 4.78 is 5.72. The molecule has 2 atom stereocenters. The normalized spacial score (nSPS) is 24.3. The third kappa shape index (κ3) is 2.30. The zero-order valence-corrected chi connectivity index (χ0v) is 9.01. The number of ether oxygens (including phenoxy) is 1. The number of nitrogens with one attached hydrogen (secondary N) is 1.